The Kier molecular flexibility index (Phi) is 5.52. The number of aliphatic hydroxyl groups is 2. The molecule has 0 amide bonds. The van der Waals surface area contributed by atoms with Crippen LogP contribution in [0, 0.1) is 34.5 Å². The summed E-state index contributed by atoms with van der Waals surface area (Å²) in [6, 6.07) is 0. The SMILES string of the molecule is COC(=O)c1cn(C[C@](C)(O)[C@H]2CC[C@H]3[C@@H]4CC=C5C[C@@H](O)CC[C@]5(C)[C@H]4CC[C@@]32C)nn1. The summed E-state index contributed by atoms with van der Waals surface area (Å²) in [5, 5.41) is 29.9. The van der Waals surface area contributed by atoms with E-state index in [1.54, 1.807) is 10.9 Å². The highest BCUT2D eigenvalue weighted by molar-refractivity contribution is 5.86. The zero-order chi connectivity index (χ0) is 23.6. The molecule has 3 fully saturated rings. The van der Waals surface area contributed by atoms with E-state index in [9.17, 15) is 15.0 Å². The first-order valence-corrected chi connectivity index (χ1v) is 12.7. The molecule has 0 unspecified atom stereocenters. The van der Waals surface area contributed by atoms with Crippen LogP contribution in [0.25, 0.3) is 0 Å². The van der Waals surface area contributed by atoms with Crippen LogP contribution in [0.5, 0.6) is 0 Å². The van der Waals surface area contributed by atoms with Crippen molar-refractivity contribution in [2.75, 3.05) is 7.11 Å². The van der Waals surface area contributed by atoms with Gasteiger partial charge < -0.3 is 14.9 Å². The molecule has 0 aromatic carbocycles. The zero-order valence-electron chi connectivity index (χ0n) is 20.5. The fourth-order valence-electron chi connectivity index (χ4n) is 8.68. The summed E-state index contributed by atoms with van der Waals surface area (Å²) in [7, 11) is 1.33. The Morgan fingerprint density at radius 2 is 2.03 bits per heavy atom. The summed E-state index contributed by atoms with van der Waals surface area (Å²) in [4.78, 5) is 11.7. The van der Waals surface area contributed by atoms with Gasteiger partial charge in [-0.15, -0.1) is 5.10 Å². The molecule has 0 radical (unpaired) electrons. The van der Waals surface area contributed by atoms with E-state index in [1.807, 2.05) is 6.92 Å². The number of allylic oxidation sites excluding steroid dienone is 1. The third kappa shape index (κ3) is 3.57. The molecule has 5 rings (SSSR count). The lowest BCUT2D eigenvalue weighted by atomic mass is 9.47. The molecule has 0 spiro atoms. The molecule has 0 bridgehead atoms. The van der Waals surface area contributed by atoms with Gasteiger partial charge in [-0.3, -0.25) is 0 Å². The van der Waals surface area contributed by atoms with Gasteiger partial charge in [0.25, 0.3) is 0 Å². The Morgan fingerprint density at radius 3 is 2.79 bits per heavy atom. The van der Waals surface area contributed by atoms with Crippen molar-refractivity contribution in [2.45, 2.75) is 90.4 Å². The number of hydrogen-bond donors (Lipinski definition) is 2. The zero-order valence-corrected chi connectivity index (χ0v) is 20.5. The number of esters is 1. The quantitative estimate of drug-likeness (QED) is 0.528. The highest BCUT2D eigenvalue weighted by Gasteiger charge is 2.61. The second-order valence-electron chi connectivity index (χ2n) is 12.0. The smallest absolute Gasteiger partial charge is 0.360 e. The highest BCUT2D eigenvalue weighted by Crippen LogP contribution is 2.67. The summed E-state index contributed by atoms with van der Waals surface area (Å²) >= 11 is 0. The number of aromatic nitrogens is 3. The lowest BCUT2D eigenvalue weighted by Crippen LogP contribution is -2.53. The van der Waals surface area contributed by atoms with Gasteiger partial charge in [-0.25, -0.2) is 9.48 Å². The van der Waals surface area contributed by atoms with Gasteiger partial charge in [-0.1, -0.05) is 30.7 Å². The van der Waals surface area contributed by atoms with Crippen LogP contribution in [0.4, 0.5) is 0 Å². The molecule has 0 aliphatic heterocycles. The predicted octanol–water partition coefficient (Wildman–Crippen LogP) is 3.76. The van der Waals surface area contributed by atoms with Gasteiger partial charge in [0.2, 0.25) is 0 Å². The van der Waals surface area contributed by atoms with E-state index in [0.29, 0.717) is 24.3 Å². The molecule has 4 aliphatic carbocycles. The van der Waals surface area contributed by atoms with Crippen LogP contribution in [0.2, 0.25) is 0 Å². The minimum atomic E-state index is -0.939. The molecule has 33 heavy (non-hydrogen) atoms. The monoisotopic (exact) mass is 457 g/mol. The second-order valence-corrected chi connectivity index (χ2v) is 12.0. The van der Waals surface area contributed by atoms with Gasteiger partial charge in [0.15, 0.2) is 5.69 Å². The Bertz CT molecular complexity index is 955. The molecule has 3 saturated carbocycles. The number of fused-ring (bicyclic) bond motifs is 5. The number of aliphatic hydroxyl groups excluding tert-OH is 1. The third-order valence-corrected chi connectivity index (χ3v) is 10.2. The maximum atomic E-state index is 11.7. The van der Waals surface area contributed by atoms with Crippen molar-refractivity contribution < 1.29 is 19.7 Å². The average Bonchev–Trinajstić information content (AvgIpc) is 3.37. The third-order valence-electron chi connectivity index (χ3n) is 10.2. The molecule has 0 saturated heterocycles. The molecule has 7 heteroatoms. The van der Waals surface area contributed by atoms with Crippen molar-refractivity contribution in [1.29, 1.82) is 0 Å². The molecular weight excluding hydrogens is 418 g/mol. The predicted molar refractivity (Wildman–Crippen MR) is 123 cm³/mol. The molecule has 2 N–H and O–H groups in total. The van der Waals surface area contributed by atoms with Gasteiger partial charge in [0, 0.05) is 0 Å². The lowest BCUT2D eigenvalue weighted by molar-refractivity contribution is -0.109. The van der Waals surface area contributed by atoms with Crippen molar-refractivity contribution in [2.24, 2.45) is 34.5 Å². The van der Waals surface area contributed by atoms with Gasteiger partial charge >= 0.3 is 5.97 Å². The number of methoxy groups -OCH3 is 1. The van der Waals surface area contributed by atoms with Crippen LogP contribution in [-0.2, 0) is 11.3 Å². The number of carbonyl (C=O) groups excluding carboxylic acids is 1. The van der Waals surface area contributed by atoms with Crippen molar-refractivity contribution >= 4 is 5.97 Å². The van der Waals surface area contributed by atoms with E-state index in [-0.39, 0.29) is 28.5 Å². The summed E-state index contributed by atoms with van der Waals surface area (Å²) in [6.07, 6.45) is 12.3. The topological polar surface area (TPSA) is 97.5 Å². The fraction of sp³-hybridized carbons (Fsp3) is 0.808. The van der Waals surface area contributed by atoms with Gasteiger partial charge in [0.1, 0.15) is 0 Å². The van der Waals surface area contributed by atoms with Crippen LogP contribution in [0.15, 0.2) is 17.8 Å². The first-order valence-electron chi connectivity index (χ1n) is 12.7. The maximum absolute atomic E-state index is 11.7. The first kappa shape index (κ1) is 23.0. The molecule has 1 aromatic rings. The number of nitrogens with zero attached hydrogens (tertiary/aromatic N) is 3. The number of rotatable bonds is 4. The number of hydrogen-bond acceptors (Lipinski definition) is 6. The number of ether oxygens (including phenoxy) is 1. The standard InChI is InChI=1S/C26H39N3O4/c1-24-11-9-17(30)13-16(24)5-6-18-19-7-8-22(25(19,2)12-10-20(18)24)26(3,32)15-29-14-21(27-28-29)23(31)33-4/h5,14,17-20,22,30,32H,6-13,15H2,1-4H3/t17-,18-,19-,20-,22-,24-,25-,26-/m0/s1. The van der Waals surface area contributed by atoms with Crippen LogP contribution in [0.1, 0.15) is 82.6 Å². The Labute approximate surface area is 196 Å². The van der Waals surface area contributed by atoms with Crippen molar-refractivity contribution in [1.82, 2.24) is 15.0 Å². The summed E-state index contributed by atoms with van der Waals surface area (Å²) in [5.41, 5.74) is 1.05. The van der Waals surface area contributed by atoms with E-state index in [2.05, 4.69) is 30.2 Å². The van der Waals surface area contributed by atoms with Crippen LogP contribution >= 0.6 is 0 Å². The van der Waals surface area contributed by atoms with Crippen molar-refractivity contribution in [3.63, 3.8) is 0 Å². The van der Waals surface area contributed by atoms with E-state index in [1.165, 1.54) is 19.1 Å². The summed E-state index contributed by atoms with van der Waals surface area (Å²) in [6.45, 7) is 7.11. The average molecular weight is 458 g/mol. The minimum absolute atomic E-state index is 0.0896. The Balaban J connectivity index is 1.36. The van der Waals surface area contributed by atoms with Gasteiger partial charge in [-0.2, -0.15) is 0 Å². The second kappa shape index (κ2) is 7.91. The molecule has 4 aliphatic rings. The van der Waals surface area contributed by atoms with E-state index < -0.39 is 11.6 Å². The van der Waals surface area contributed by atoms with Gasteiger partial charge in [-0.05, 0) is 92.8 Å². The van der Waals surface area contributed by atoms with Crippen LogP contribution in [0.3, 0.4) is 0 Å². The first-order chi connectivity index (χ1) is 15.6. The molecule has 1 aromatic heterocycles. The Morgan fingerprint density at radius 1 is 1.24 bits per heavy atom. The van der Waals surface area contributed by atoms with E-state index in [0.717, 1.165) is 44.9 Å². The van der Waals surface area contributed by atoms with Gasteiger partial charge in [0.05, 0.1) is 31.6 Å². The normalized spacial score (nSPS) is 41.9. The van der Waals surface area contributed by atoms with Crippen LogP contribution < -0.4 is 0 Å². The molecule has 7 nitrogen and oxygen atoms in total. The van der Waals surface area contributed by atoms with E-state index in [4.69, 9.17) is 4.74 Å². The van der Waals surface area contributed by atoms with Crippen molar-refractivity contribution in [3.8, 4) is 0 Å². The molecule has 8 atom stereocenters. The minimum Gasteiger partial charge on any atom is -0.464 e. The van der Waals surface area contributed by atoms with Crippen LogP contribution in [-0.4, -0.2) is 50.0 Å². The Hall–Kier alpha value is -1.73. The molecular formula is C26H39N3O4. The molecule has 1 heterocycles. The largest absolute Gasteiger partial charge is 0.464 e. The number of carbonyl (C=O) groups is 1. The maximum Gasteiger partial charge on any atom is 0.360 e. The summed E-state index contributed by atoms with van der Waals surface area (Å²) in [5.74, 6) is 1.61. The molecule has 182 valence electrons. The van der Waals surface area contributed by atoms with E-state index >= 15 is 0 Å². The fourth-order valence-corrected chi connectivity index (χ4v) is 8.68. The lowest BCUT2D eigenvalue weighted by Gasteiger charge is -2.58. The van der Waals surface area contributed by atoms with Crippen molar-refractivity contribution in [3.05, 3.63) is 23.5 Å². The summed E-state index contributed by atoms with van der Waals surface area (Å²) < 4.78 is 6.31. The highest BCUT2D eigenvalue weighted by atomic mass is 16.5.